The first-order chi connectivity index (χ1) is 8.88. The summed E-state index contributed by atoms with van der Waals surface area (Å²) in [7, 11) is 0. The summed E-state index contributed by atoms with van der Waals surface area (Å²) >= 11 is 7.88. The topological polar surface area (TPSA) is 17.1 Å². The van der Waals surface area contributed by atoms with Crippen molar-refractivity contribution < 1.29 is 4.79 Å². The van der Waals surface area contributed by atoms with Crippen molar-refractivity contribution in [2.45, 2.75) is 18.6 Å². The fourth-order valence-electron chi connectivity index (χ4n) is 1.80. The first kappa shape index (κ1) is 14.4. The van der Waals surface area contributed by atoms with Crippen molar-refractivity contribution in [1.29, 1.82) is 0 Å². The molecule has 0 bridgehead atoms. The Labute approximate surface area is 127 Å². The van der Waals surface area contributed by atoms with Gasteiger partial charge in [-0.05, 0) is 43.7 Å². The number of thiol groups is 1. The second-order valence-corrected chi connectivity index (χ2v) is 7.01. The van der Waals surface area contributed by atoms with Crippen LogP contribution < -0.4 is 0 Å². The number of carbonyl (C=O) groups excluding carboxylic acids is 1. The van der Waals surface area contributed by atoms with Crippen molar-refractivity contribution in [1.82, 2.24) is 0 Å². The van der Waals surface area contributed by atoms with E-state index in [4.69, 9.17) is 0 Å². The molecule has 0 saturated heterocycles. The fourth-order valence-corrected chi connectivity index (χ4v) is 2.21. The van der Waals surface area contributed by atoms with Crippen molar-refractivity contribution in [3.8, 4) is 0 Å². The second-order valence-electron chi connectivity index (χ2n) is 4.97. The third-order valence-electron chi connectivity index (χ3n) is 2.96. The summed E-state index contributed by atoms with van der Waals surface area (Å²) < 4.78 is 0.773. The van der Waals surface area contributed by atoms with Crippen molar-refractivity contribution in [2.24, 2.45) is 0 Å². The third-order valence-corrected chi connectivity index (χ3v) is 3.75. The molecule has 3 heteroatoms. The van der Waals surface area contributed by atoms with Gasteiger partial charge < -0.3 is 0 Å². The Kier molecular flexibility index (Phi) is 4.16. The first-order valence-electron chi connectivity index (χ1n) is 6.01. The van der Waals surface area contributed by atoms with E-state index in [0.29, 0.717) is 11.1 Å². The molecule has 0 radical (unpaired) electrons. The molecule has 0 aliphatic carbocycles. The van der Waals surface area contributed by atoms with Crippen LogP contribution in [0.2, 0.25) is 0 Å². The first-order valence-corrected chi connectivity index (χ1v) is 7.25. The number of ketones is 1. The average molecular weight is 335 g/mol. The maximum Gasteiger partial charge on any atom is 0.193 e. The summed E-state index contributed by atoms with van der Waals surface area (Å²) in [6.45, 7) is 4.06. The van der Waals surface area contributed by atoms with Crippen LogP contribution >= 0.6 is 28.6 Å². The zero-order valence-corrected chi connectivity index (χ0v) is 13.3. The molecule has 0 aromatic heterocycles. The van der Waals surface area contributed by atoms with E-state index >= 15 is 0 Å². The molecule has 0 aliphatic rings. The predicted molar refractivity (Wildman–Crippen MR) is 86.0 cm³/mol. The average Bonchev–Trinajstić information content (AvgIpc) is 2.38. The van der Waals surface area contributed by atoms with E-state index in [1.807, 2.05) is 62.4 Å². The maximum atomic E-state index is 12.3. The van der Waals surface area contributed by atoms with Gasteiger partial charge in [-0.2, -0.15) is 12.6 Å². The Bertz CT molecular complexity index is 580. The van der Waals surface area contributed by atoms with Gasteiger partial charge in [0.05, 0.1) is 0 Å². The van der Waals surface area contributed by atoms with E-state index in [-0.39, 0.29) is 10.5 Å². The van der Waals surface area contributed by atoms with Crippen LogP contribution in [0.3, 0.4) is 0 Å². The van der Waals surface area contributed by atoms with Crippen LogP contribution in [0.1, 0.15) is 35.3 Å². The van der Waals surface area contributed by atoms with E-state index in [2.05, 4.69) is 28.6 Å². The van der Waals surface area contributed by atoms with Crippen molar-refractivity contribution in [2.75, 3.05) is 0 Å². The van der Waals surface area contributed by atoms with Gasteiger partial charge >= 0.3 is 0 Å². The lowest BCUT2D eigenvalue weighted by molar-refractivity contribution is 0.103. The standard InChI is InChI=1S/C16H15BrOS/c1-16(2,19)13-7-3-11(4-8-13)15(18)12-5-9-14(17)10-6-12/h3-10,19H,1-2H3. The molecule has 0 aliphatic heterocycles. The molecule has 98 valence electrons. The van der Waals surface area contributed by atoms with Gasteiger partial charge in [0.25, 0.3) is 0 Å². The Hall–Kier alpha value is -1.06. The molecule has 0 heterocycles. The lowest BCUT2D eigenvalue weighted by atomic mass is 9.97. The van der Waals surface area contributed by atoms with Gasteiger partial charge in [0.15, 0.2) is 5.78 Å². The van der Waals surface area contributed by atoms with E-state index in [1.165, 1.54) is 0 Å². The number of carbonyl (C=O) groups is 1. The molecule has 2 aromatic rings. The van der Waals surface area contributed by atoms with E-state index in [0.717, 1.165) is 10.0 Å². The Morgan fingerprint density at radius 2 is 1.37 bits per heavy atom. The van der Waals surface area contributed by atoms with Crippen LogP contribution in [-0.2, 0) is 4.75 Å². The van der Waals surface area contributed by atoms with E-state index in [9.17, 15) is 4.79 Å². The molecule has 0 unspecified atom stereocenters. The van der Waals surface area contributed by atoms with Gasteiger partial charge in [-0.3, -0.25) is 4.79 Å². The minimum Gasteiger partial charge on any atom is -0.289 e. The summed E-state index contributed by atoms with van der Waals surface area (Å²) in [6, 6.07) is 15.0. The highest BCUT2D eigenvalue weighted by Gasteiger charge is 2.15. The SMILES string of the molecule is CC(C)(S)c1ccc(C(=O)c2ccc(Br)cc2)cc1. The summed E-state index contributed by atoms with van der Waals surface area (Å²) in [6.07, 6.45) is 0. The quantitative estimate of drug-likeness (QED) is 0.627. The van der Waals surface area contributed by atoms with E-state index < -0.39 is 0 Å². The molecule has 0 amide bonds. The van der Waals surface area contributed by atoms with Crippen LogP contribution in [-0.4, -0.2) is 5.78 Å². The molecule has 0 N–H and O–H groups in total. The molecular weight excluding hydrogens is 320 g/mol. The minimum absolute atomic E-state index is 0.0380. The van der Waals surface area contributed by atoms with Gasteiger partial charge in [0, 0.05) is 20.3 Å². The molecule has 2 rings (SSSR count). The lowest BCUT2D eigenvalue weighted by Gasteiger charge is -2.17. The molecule has 2 aromatic carbocycles. The second kappa shape index (κ2) is 5.51. The van der Waals surface area contributed by atoms with Gasteiger partial charge in [-0.15, -0.1) is 0 Å². The highest BCUT2D eigenvalue weighted by atomic mass is 79.9. The van der Waals surface area contributed by atoms with Gasteiger partial charge in [0.1, 0.15) is 0 Å². The highest BCUT2D eigenvalue weighted by Crippen LogP contribution is 2.27. The molecule has 0 fully saturated rings. The summed E-state index contributed by atoms with van der Waals surface area (Å²) in [5, 5.41) is 0. The van der Waals surface area contributed by atoms with Crippen LogP contribution in [0.4, 0.5) is 0 Å². The third kappa shape index (κ3) is 3.48. The molecular formula is C16H15BrOS. The summed E-state index contributed by atoms with van der Waals surface area (Å²) in [4.78, 5) is 12.3. The Morgan fingerprint density at radius 1 is 0.947 bits per heavy atom. The number of hydrogen-bond donors (Lipinski definition) is 1. The van der Waals surface area contributed by atoms with Crippen molar-refractivity contribution >= 4 is 34.3 Å². The van der Waals surface area contributed by atoms with Crippen LogP contribution in [0.15, 0.2) is 53.0 Å². The number of rotatable bonds is 3. The predicted octanol–water partition coefficient (Wildman–Crippen LogP) is 4.85. The molecule has 19 heavy (non-hydrogen) atoms. The molecule has 0 atom stereocenters. The zero-order valence-electron chi connectivity index (χ0n) is 10.9. The molecule has 0 saturated carbocycles. The monoisotopic (exact) mass is 334 g/mol. The number of halogens is 1. The Morgan fingerprint density at radius 3 is 1.79 bits per heavy atom. The van der Waals surface area contributed by atoms with Gasteiger partial charge in [-0.25, -0.2) is 0 Å². The fraction of sp³-hybridized carbons (Fsp3) is 0.188. The van der Waals surface area contributed by atoms with Crippen molar-refractivity contribution in [3.05, 3.63) is 69.7 Å². The van der Waals surface area contributed by atoms with Gasteiger partial charge in [0.2, 0.25) is 0 Å². The number of benzene rings is 2. The highest BCUT2D eigenvalue weighted by molar-refractivity contribution is 9.10. The van der Waals surface area contributed by atoms with Crippen LogP contribution in [0.5, 0.6) is 0 Å². The summed E-state index contributed by atoms with van der Waals surface area (Å²) in [5.41, 5.74) is 2.49. The van der Waals surface area contributed by atoms with E-state index in [1.54, 1.807) is 0 Å². The lowest BCUT2D eigenvalue weighted by Crippen LogP contribution is -2.08. The maximum absolute atomic E-state index is 12.3. The normalized spacial score (nSPS) is 11.4. The zero-order chi connectivity index (χ0) is 14.0. The summed E-state index contributed by atoms with van der Waals surface area (Å²) in [5.74, 6) is 0.0380. The largest absolute Gasteiger partial charge is 0.289 e. The Balaban J connectivity index is 2.27. The van der Waals surface area contributed by atoms with Crippen molar-refractivity contribution in [3.63, 3.8) is 0 Å². The number of hydrogen-bond acceptors (Lipinski definition) is 2. The van der Waals surface area contributed by atoms with Crippen LogP contribution in [0.25, 0.3) is 0 Å². The van der Waals surface area contributed by atoms with Gasteiger partial charge in [-0.1, -0.05) is 40.2 Å². The minimum atomic E-state index is -0.195. The molecule has 0 spiro atoms. The molecule has 1 nitrogen and oxygen atoms in total. The smallest absolute Gasteiger partial charge is 0.193 e. The van der Waals surface area contributed by atoms with Crippen LogP contribution in [0, 0.1) is 0 Å².